The Balaban J connectivity index is 3.79. The van der Waals surface area contributed by atoms with Crippen molar-refractivity contribution in [1.82, 2.24) is 0 Å². The Hall–Kier alpha value is -2.76. The van der Waals surface area contributed by atoms with Crippen LogP contribution in [0.25, 0.3) is 0 Å². The molecule has 0 fully saturated rings. The van der Waals surface area contributed by atoms with E-state index in [1.165, 1.54) is 18.6 Å². The van der Waals surface area contributed by atoms with Gasteiger partial charge in [-0.25, -0.2) is 9.59 Å². The summed E-state index contributed by atoms with van der Waals surface area (Å²) in [6, 6.07) is 2.90. The Morgan fingerprint density at radius 2 is 1.54 bits per heavy atom. The van der Waals surface area contributed by atoms with Gasteiger partial charge in [-0.3, -0.25) is 0 Å². The highest BCUT2D eigenvalue weighted by Crippen LogP contribution is 2.37. The molecule has 0 heterocycles. The van der Waals surface area contributed by atoms with E-state index in [0.29, 0.717) is 24.0 Å². The topological polar surface area (TPSA) is 93.1 Å². The molecule has 0 saturated heterocycles. The summed E-state index contributed by atoms with van der Waals surface area (Å²) in [7, 11) is 0. The van der Waals surface area contributed by atoms with E-state index in [2.05, 4.69) is 13.2 Å². The highest BCUT2D eigenvalue weighted by atomic mass is 16.5. The van der Waals surface area contributed by atoms with Gasteiger partial charge >= 0.3 is 11.9 Å². The van der Waals surface area contributed by atoms with Crippen LogP contribution in [0.3, 0.4) is 0 Å². The summed E-state index contributed by atoms with van der Waals surface area (Å²) in [5.74, 6) is -2.62. The minimum Gasteiger partial charge on any atom is -0.494 e. The largest absolute Gasteiger partial charge is 0.494 e. The fourth-order valence-electron chi connectivity index (χ4n) is 3.01. The molecule has 0 spiro atoms. The van der Waals surface area contributed by atoms with Crippen molar-refractivity contribution in [1.29, 1.82) is 0 Å². The Morgan fingerprint density at radius 3 is 2.00 bits per heavy atom. The number of benzene rings is 1. The predicted octanol–water partition coefficient (Wildman–Crippen LogP) is 5.09. The number of carboxylic acid groups (broad SMARTS) is 2. The second-order valence-corrected chi connectivity index (χ2v) is 5.76. The average molecular weight is 362 g/mol. The summed E-state index contributed by atoms with van der Waals surface area (Å²) < 4.78 is 11.2. The van der Waals surface area contributed by atoms with Gasteiger partial charge in [0.2, 0.25) is 0 Å². The molecule has 1 aromatic carbocycles. The molecule has 0 aliphatic heterocycles. The summed E-state index contributed by atoms with van der Waals surface area (Å²) in [4.78, 5) is 23.5. The van der Waals surface area contributed by atoms with Gasteiger partial charge in [0.25, 0.3) is 0 Å². The van der Waals surface area contributed by atoms with E-state index in [9.17, 15) is 19.8 Å². The second kappa shape index (κ2) is 10.3. The molecule has 142 valence electrons. The first kappa shape index (κ1) is 21.3. The normalized spacial score (nSPS) is 12.7. The lowest BCUT2D eigenvalue weighted by atomic mass is 9.87. The Labute approximate surface area is 153 Å². The van der Waals surface area contributed by atoms with Crippen LogP contribution in [0.2, 0.25) is 0 Å². The van der Waals surface area contributed by atoms with E-state index >= 15 is 0 Å². The lowest BCUT2D eigenvalue weighted by molar-refractivity contribution is 0.0640. The maximum Gasteiger partial charge on any atom is 0.337 e. The number of hydrogen-bond acceptors (Lipinski definition) is 4. The highest BCUT2D eigenvalue weighted by Gasteiger charge is 2.31. The van der Waals surface area contributed by atoms with Crippen molar-refractivity contribution in [2.45, 2.75) is 51.7 Å². The third-order valence-electron chi connectivity index (χ3n) is 4.02. The van der Waals surface area contributed by atoms with Crippen molar-refractivity contribution < 1.29 is 29.3 Å². The molecular formula is C20H26O6. The number of ether oxygens (including phenoxy) is 2. The molecule has 6 heteroatoms. The molecule has 1 aromatic rings. The van der Waals surface area contributed by atoms with Crippen LogP contribution in [-0.4, -0.2) is 22.2 Å². The van der Waals surface area contributed by atoms with E-state index in [1.54, 1.807) is 6.07 Å². The number of aromatic carboxylic acids is 2. The van der Waals surface area contributed by atoms with Crippen LogP contribution in [0.15, 0.2) is 37.8 Å². The molecule has 0 bridgehead atoms. The van der Waals surface area contributed by atoms with Gasteiger partial charge in [-0.2, -0.15) is 0 Å². The van der Waals surface area contributed by atoms with Gasteiger partial charge < -0.3 is 19.7 Å². The van der Waals surface area contributed by atoms with Crippen LogP contribution in [0.1, 0.15) is 83.6 Å². The van der Waals surface area contributed by atoms with E-state index < -0.39 is 24.1 Å². The maximum absolute atomic E-state index is 11.9. The Bertz CT molecular complexity index is 665. The zero-order valence-electron chi connectivity index (χ0n) is 15.2. The van der Waals surface area contributed by atoms with Crippen molar-refractivity contribution in [3.05, 3.63) is 60.1 Å². The molecule has 0 radical (unpaired) electrons. The van der Waals surface area contributed by atoms with E-state index in [0.717, 1.165) is 12.8 Å². The molecule has 1 rings (SSSR count). The van der Waals surface area contributed by atoms with Crippen LogP contribution in [0, 0.1) is 0 Å². The van der Waals surface area contributed by atoms with Gasteiger partial charge in [-0.15, -0.1) is 0 Å². The summed E-state index contributed by atoms with van der Waals surface area (Å²) in [5.41, 5.74) is 0.358. The summed E-state index contributed by atoms with van der Waals surface area (Å²) in [6.07, 6.45) is 4.11. The van der Waals surface area contributed by atoms with Crippen LogP contribution in [-0.2, 0) is 9.47 Å². The van der Waals surface area contributed by atoms with Gasteiger partial charge in [-0.05, 0) is 18.9 Å². The first-order valence-electron chi connectivity index (χ1n) is 8.58. The van der Waals surface area contributed by atoms with E-state index in [4.69, 9.17) is 9.47 Å². The number of carboxylic acids is 2. The van der Waals surface area contributed by atoms with Crippen molar-refractivity contribution in [2.75, 3.05) is 0 Å². The summed E-state index contributed by atoms with van der Waals surface area (Å²) in [6.45, 7) is 11.0. The molecule has 0 aliphatic rings. The minimum atomic E-state index is -1.32. The quantitative estimate of drug-likeness (QED) is 0.503. The van der Waals surface area contributed by atoms with Crippen LogP contribution >= 0.6 is 0 Å². The fraction of sp³-hybridized carbons (Fsp3) is 0.400. The van der Waals surface area contributed by atoms with Gasteiger partial charge in [0.05, 0.1) is 23.7 Å². The van der Waals surface area contributed by atoms with Gasteiger partial charge in [-0.1, -0.05) is 45.9 Å². The monoisotopic (exact) mass is 362 g/mol. The first-order chi connectivity index (χ1) is 12.4. The summed E-state index contributed by atoms with van der Waals surface area (Å²) >= 11 is 0. The van der Waals surface area contributed by atoms with Gasteiger partial charge in [0.1, 0.15) is 12.2 Å². The predicted molar refractivity (Wildman–Crippen MR) is 98.2 cm³/mol. The first-order valence-corrected chi connectivity index (χ1v) is 8.58. The van der Waals surface area contributed by atoms with Gasteiger partial charge in [0, 0.05) is 11.1 Å². The molecular weight excluding hydrogens is 336 g/mol. The molecule has 26 heavy (non-hydrogen) atoms. The lowest BCUT2D eigenvalue weighted by Crippen LogP contribution is -2.19. The molecule has 0 aromatic heterocycles. The number of carbonyl (C=O) groups is 2. The third-order valence-corrected chi connectivity index (χ3v) is 4.02. The molecule has 0 aliphatic carbocycles. The van der Waals surface area contributed by atoms with Crippen LogP contribution in [0.4, 0.5) is 0 Å². The van der Waals surface area contributed by atoms with Crippen molar-refractivity contribution >= 4 is 11.9 Å². The number of hydrogen-bond donors (Lipinski definition) is 2. The molecule has 0 amide bonds. The van der Waals surface area contributed by atoms with Crippen molar-refractivity contribution in [3.63, 3.8) is 0 Å². The zero-order chi connectivity index (χ0) is 19.7. The van der Waals surface area contributed by atoms with Crippen molar-refractivity contribution in [3.8, 4) is 0 Å². The number of rotatable bonds is 12. The second-order valence-electron chi connectivity index (χ2n) is 5.76. The van der Waals surface area contributed by atoms with Gasteiger partial charge in [0.15, 0.2) is 0 Å². The third kappa shape index (κ3) is 4.88. The molecule has 0 saturated carbocycles. The molecule has 2 N–H and O–H groups in total. The van der Waals surface area contributed by atoms with E-state index in [1.807, 2.05) is 13.8 Å². The fourth-order valence-corrected chi connectivity index (χ4v) is 3.01. The van der Waals surface area contributed by atoms with Crippen molar-refractivity contribution in [2.24, 2.45) is 0 Å². The highest BCUT2D eigenvalue weighted by molar-refractivity contribution is 6.03. The Morgan fingerprint density at radius 1 is 1.00 bits per heavy atom. The molecule has 2 atom stereocenters. The standard InChI is InChI=1S/C20H26O6/c1-5-9-15(25-7-3)13-11-12-14(19(21)22)18(20(23)24)17(13)16(10-6-2)26-8-4/h7-8,11-12,15-16H,3-6,9-10H2,1-2H3,(H,21,22)(H,23,24). The Kier molecular flexibility index (Phi) is 8.42. The average Bonchev–Trinajstić information content (AvgIpc) is 2.60. The van der Waals surface area contributed by atoms with E-state index in [-0.39, 0.29) is 11.1 Å². The SMILES string of the molecule is C=COC(CCC)c1ccc(C(=O)O)c(C(=O)O)c1C(CCC)OC=C. The summed E-state index contributed by atoms with van der Waals surface area (Å²) in [5, 5.41) is 19.2. The maximum atomic E-state index is 11.9. The molecule has 2 unspecified atom stereocenters. The molecule has 6 nitrogen and oxygen atoms in total. The zero-order valence-corrected chi connectivity index (χ0v) is 15.2. The van der Waals surface area contributed by atoms with Crippen LogP contribution in [0.5, 0.6) is 0 Å². The van der Waals surface area contributed by atoms with Crippen LogP contribution < -0.4 is 0 Å². The lowest BCUT2D eigenvalue weighted by Gasteiger charge is -2.26. The minimum absolute atomic E-state index is 0.274. The smallest absolute Gasteiger partial charge is 0.337 e.